The molecular weight excluding hydrogens is 210 g/mol. The summed E-state index contributed by atoms with van der Waals surface area (Å²) in [5.74, 6) is 0.797. The lowest BCUT2D eigenvalue weighted by Crippen LogP contribution is -2.46. The van der Waals surface area contributed by atoms with E-state index in [2.05, 4.69) is 5.32 Å². The second-order valence-electron chi connectivity index (χ2n) is 4.31. The lowest BCUT2D eigenvalue weighted by molar-refractivity contribution is -0.145. The van der Waals surface area contributed by atoms with Crippen LogP contribution in [0.5, 0.6) is 0 Å². The highest BCUT2D eigenvalue weighted by Crippen LogP contribution is 2.42. The summed E-state index contributed by atoms with van der Waals surface area (Å²) in [5, 5.41) is 3.48. The average molecular weight is 229 g/mol. The molecule has 0 bridgehead atoms. The smallest absolute Gasteiger partial charge is 0.324 e. The maximum atomic E-state index is 11.6. The van der Waals surface area contributed by atoms with Gasteiger partial charge in [0.05, 0.1) is 11.5 Å². The van der Waals surface area contributed by atoms with Crippen molar-refractivity contribution in [3.63, 3.8) is 0 Å². The molecule has 2 aliphatic rings. The van der Waals surface area contributed by atoms with Gasteiger partial charge in [-0.15, -0.1) is 11.8 Å². The van der Waals surface area contributed by atoms with Crippen LogP contribution in [0.2, 0.25) is 0 Å². The van der Waals surface area contributed by atoms with Gasteiger partial charge in [-0.25, -0.2) is 0 Å². The standard InChI is InChI=1S/C11H19NO2S/c1-2-14-10(13)9-8-15-11(12-9)6-4-3-5-7-11/h9,12H,2-8H2,1H3/t9-/m0/s1. The van der Waals surface area contributed by atoms with Gasteiger partial charge in [0.2, 0.25) is 0 Å². The molecule has 0 amide bonds. The molecule has 1 atom stereocenters. The number of carbonyl (C=O) groups excluding carboxylic acids is 1. The van der Waals surface area contributed by atoms with E-state index in [-0.39, 0.29) is 16.9 Å². The predicted octanol–water partition coefficient (Wildman–Crippen LogP) is 1.91. The van der Waals surface area contributed by atoms with E-state index in [1.807, 2.05) is 18.7 Å². The van der Waals surface area contributed by atoms with Crippen molar-refractivity contribution < 1.29 is 9.53 Å². The molecular formula is C11H19NO2S. The Morgan fingerprint density at radius 1 is 1.47 bits per heavy atom. The molecule has 1 N–H and O–H groups in total. The van der Waals surface area contributed by atoms with E-state index in [0.29, 0.717) is 6.61 Å². The van der Waals surface area contributed by atoms with Crippen LogP contribution in [0.4, 0.5) is 0 Å². The van der Waals surface area contributed by atoms with Crippen LogP contribution in [-0.2, 0) is 9.53 Å². The van der Waals surface area contributed by atoms with Gasteiger partial charge in [-0.05, 0) is 19.8 Å². The average Bonchev–Trinajstić information content (AvgIpc) is 2.64. The van der Waals surface area contributed by atoms with E-state index < -0.39 is 0 Å². The van der Waals surface area contributed by atoms with Crippen LogP contribution in [0, 0.1) is 0 Å². The first-order valence-corrected chi connectivity index (χ1v) is 6.83. The van der Waals surface area contributed by atoms with E-state index in [1.165, 1.54) is 32.1 Å². The number of nitrogens with one attached hydrogen (secondary N) is 1. The molecule has 15 heavy (non-hydrogen) atoms. The Morgan fingerprint density at radius 2 is 2.20 bits per heavy atom. The maximum absolute atomic E-state index is 11.6. The summed E-state index contributed by atoms with van der Waals surface area (Å²) in [6, 6.07) is -0.0759. The molecule has 4 heteroatoms. The number of hydrogen-bond acceptors (Lipinski definition) is 4. The molecule has 86 valence electrons. The first-order chi connectivity index (χ1) is 7.26. The molecule has 1 heterocycles. The highest BCUT2D eigenvalue weighted by molar-refractivity contribution is 8.00. The van der Waals surface area contributed by atoms with Gasteiger partial charge >= 0.3 is 5.97 Å². The zero-order valence-corrected chi connectivity index (χ0v) is 10.1. The molecule has 3 nitrogen and oxygen atoms in total. The fourth-order valence-electron chi connectivity index (χ4n) is 2.43. The Kier molecular flexibility index (Phi) is 3.57. The molecule has 0 aromatic rings. The third kappa shape index (κ3) is 2.48. The molecule has 1 saturated heterocycles. The Hall–Kier alpha value is -0.220. The Bertz CT molecular complexity index is 239. The quantitative estimate of drug-likeness (QED) is 0.734. The van der Waals surface area contributed by atoms with Crippen molar-refractivity contribution in [3.05, 3.63) is 0 Å². The molecule has 1 aliphatic carbocycles. The van der Waals surface area contributed by atoms with Crippen molar-refractivity contribution in [2.75, 3.05) is 12.4 Å². The topological polar surface area (TPSA) is 38.3 Å². The fraction of sp³-hybridized carbons (Fsp3) is 0.909. The summed E-state index contributed by atoms with van der Waals surface area (Å²) in [4.78, 5) is 11.8. The largest absolute Gasteiger partial charge is 0.465 e. The van der Waals surface area contributed by atoms with Gasteiger partial charge < -0.3 is 4.74 Å². The van der Waals surface area contributed by atoms with Crippen LogP contribution in [0.3, 0.4) is 0 Å². The third-order valence-electron chi connectivity index (χ3n) is 3.20. The summed E-state index contributed by atoms with van der Waals surface area (Å²) in [5.41, 5.74) is 0. The van der Waals surface area contributed by atoms with Crippen molar-refractivity contribution in [2.45, 2.75) is 49.9 Å². The second kappa shape index (κ2) is 4.74. The van der Waals surface area contributed by atoms with E-state index in [9.17, 15) is 4.79 Å². The number of thioether (sulfide) groups is 1. The lowest BCUT2D eigenvalue weighted by atomic mass is 9.94. The van der Waals surface area contributed by atoms with E-state index in [0.717, 1.165) is 5.75 Å². The van der Waals surface area contributed by atoms with Crippen molar-refractivity contribution in [1.29, 1.82) is 0 Å². The van der Waals surface area contributed by atoms with Gasteiger partial charge in [0.1, 0.15) is 6.04 Å². The molecule has 0 radical (unpaired) electrons. The number of esters is 1. The van der Waals surface area contributed by atoms with Crippen LogP contribution in [0.15, 0.2) is 0 Å². The fourth-order valence-corrected chi connectivity index (χ4v) is 3.93. The summed E-state index contributed by atoms with van der Waals surface area (Å²) >= 11 is 1.92. The van der Waals surface area contributed by atoms with Gasteiger partial charge in [-0.1, -0.05) is 19.3 Å². The van der Waals surface area contributed by atoms with Crippen LogP contribution in [0.1, 0.15) is 39.0 Å². The van der Waals surface area contributed by atoms with Gasteiger partial charge in [0.25, 0.3) is 0 Å². The Labute approximate surface area is 95.3 Å². The molecule has 0 aromatic carbocycles. The van der Waals surface area contributed by atoms with Crippen LogP contribution >= 0.6 is 11.8 Å². The summed E-state index contributed by atoms with van der Waals surface area (Å²) in [6.07, 6.45) is 6.32. The molecule has 1 spiro atoms. The number of carbonyl (C=O) groups is 1. The van der Waals surface area contributed by atoms with Crippen LogP contribution in [0.25, 0.3) is 0 Å². The molecule has 2 rings (SSSR count). The summed E-state index contributed by atoms with van der Waals surface area (Å²) in [6.45, 7) is 2.34. The van der Waals surface area contributed by atoms with Gasteiger partial charge in [0.15, 0.2) is 0 Å². The van der Waals surface area contributed by atoms with Gasteiger partial charge in [-0.3, -0.25) is 10.1 Å². The molecule has 1 saturated carbocycles. The third-order valence-corrected chi connectivity index (χ3v) is 4.77. The highest BCUT2D eigenvalue weighted by atomic mass is 32.2. The summed E-state index contributed by atoms with van der Waals surface area (Å²) < 4.78 is 5.05. The lowest BCUT2D eigenvalue weighted by Gasteiger charge is -2.33. The molecule has 0 unspecified atom stereocenters. The number of rotatable bonds is 2. The van der Waals surface area contributed by atoms with Gasteiger partial charge in [0, 0.05) is 5.75 Å². The number of hydrogen-bond donors (Lipinski definition) is 1. The van der Waals surface area contributed by atoms with Crippen molar-refractivity contribution in [1.82, 2.24) is 5.32 Å². The van der Waals surface area contributed by atoms with Gasteiger partial charge in [-0.2, -0.15) is 0 Å². The minimum absolute atomic E-state index is 0.0759. The van der Waals surface area contributed by atoms with E-state index in [1.54, 1.807) is 0 Å². The highest BCUT2D eigenvalue weighted by Gasteiger charge is 2.42. The zero-order chi connectivity index (χ0) is 10.7. The zero-order valence-electron chi connectivity index (χ0n) is 9.25. The number of ether oxygens (including phenoxy) is 1. The van der Waals surface area contributed by atoms with Crippen molar-refractivity contribution >= 4 is 17.7 Å². The van der Waals surface area contributed by atoms with Crippen LogP contribution < -0.4 is 5.32 Å². The predicted molar refractivity (Wildman–Crippen MR) is 61.8 cm³/mol. The first kappa shape index (κ1) is 11.3. The van der Waals surface area contributed by atoms with E-state index >= 15 is 0 Å². The van der Waals surface area contributed by atoms with E-state index in [4.69, 9.17) is 4.74 Å². The maximum Gasteiger partial charge on any atom is 0.324 e. The Balaban J connectivity index is 1.90. The molecule has 0 aromatic heterocycles. The summed E-state index contributed by atoms with van der Waals surface area (Å²) in [7, 11) is 0. The minimum atomic E-state index is -0.0764. The first-order valence-electron chi connectivity index (χ1n) is 5.84. The van der Waals surface area contributed by atoms with Crippen LogP contribution in [-0.4, -0.2) is 29.2 Å². The monoisotopic (exact) mass is 229 g/mol. The second-order valence-corrected chi connectivity index (χ2v) is 5.72. The Morgan fingerprint density at radius 3 is 2.87 bits per heavy atom. The molecule has 2 fully saturated rings. The van der Waals surface area contributed by atoms with Crippen molar-refractivity contribution in [2.24, 2.45) is 0 Å². The molecule has 1 aliphatic heterocycles. The van der Waals surface area contributed by atoms with Crippen molar-refractivity contribution in [3.8, 4) is 0 Å². The normalized spacial score (nSPS) is 29.3. The minimum Gasteiger partial charge on any atom is -0.465 e. The SMILES string of the molecule is CCOC(=O)[C@@H]1CSC2(CCCCC2)N1.